The SMILES string of the molecule is CC1(C)SCN[C@@H]1C(=O)I. The number of carbonyl (C=O) groups is 1. The highest BCUT2D eigenvalue weighted by atomic mass is 127. The van der Waals surface area contributed by atoms with Gasteiger partial charge in [-0.15, -0.1) is 11.8 Å². The third kappa shape index (κ3) is 1.65. The van der Waals surface area contributed by atoms with Gasteiger partial charge in [0.25, 0.3) is 0 Å². The summed E-state index contributed by atoms with van der Waals surface area (Å²) in [6, 6.07) is 0.0399. The number of rotatable bonds is 1. The normalized spacial score (nSPS) is 30.5. The summed E-state index contributed by atoms with van der Waals surface area (Å²) in [6.07, 6.45) is 0. The van der Waals surface area contributed by atoms with E-state index in [1.807, 2.05) is 22.6 Å². The van der Waals surface area contributed by atoms with E-state index in [1.54, 1.807) is 11.8 Å². The van der Waals surface area contributed by atoms with Crippen molar-refractivity contribution in [3.05, 3.63) is 0 Å². The van der Waals surface area contributed by atoms with E-state index in [2.05, 4.69) is 19.2 Å². The van der Waals surface area contributed by atoms with Crippen LogP contribution >= 0.6 is 34.4 Å². The minimum absolute atomic E-state index is 0.0399. The Morgan fingerprint density at radius 1 is 1.80 bits per heavy atom. The van der Waals surface area contributed by atoms with Gasteiger partial charge in [-0.3, -0.25) is 10.1 Å². The molecule has 1 aliphatic rings. The number of hydrogen-bond donors (Lipinski definition) is 1. The highest BCUT2D eigenvalue weighted by molar-refractivity contribution is 14.1. The molecule has 1 fully saturated rings. The largest absolute Gasteiger partial charge is 0.297 e. The molecule has 0 saturated carbocycles. The van der Waals surface area contributed by atoms with E-state index >= 15 is 0 Å². The van der Waals surface area contributed by atoms with Gasteiger partial charge in [0.05, 0.1) is 6.04 Å². The summed E-state index contributed by atoms with van der Waals surface area (Å²) >= 11 is 3.65. The van der Waals surface area contributed by atoms with Crippen molar-refractivity contribution in [2.24, 2.45) is 0 Å². The zero-order chi connectivity index (χ0) is 7.78. The molecule has 1 saturated heterocycles. The molecule has 0 aromatic rings. The van der Waals surface area contributed by atoms with Gasteiger partial charge in [-0.2, -0.15) is 0 Å². The summed E-state index contributed by atoms with van der Waals surface area (Å²) in [6.45, 7) is 4.19. The number of hydrogen-bond acceptors (Lipinski definition) is 3. The maximum absolute atomic E-state index is 11.0. The number of nitrogens with one attached hydrogen (secondary N) is 1. The van der Waals surface area contributed by atoms with Gasteiger partial charge in [0, 0.05) is 33.2 Å². The van der Waals surface area contributed by atoms with E-state index in [0.717, 1.165) is 5.88 Å². The molecule has 0 aliphatic carbocycles. The third-order valence-corrected chi connectivity index (χ3v) is 3.57. The molecule has 1 N–H and O–H groups in total. The third-order valence-electron chi connectivity index (χ3n) is 1.65. The number of carbonyl (C=O) groups excluding carboxylic acids is 1. The number of halogens is 1. The molecule has 1 atom stereocenters. The van der Waals surface area contributed by atoms with Crippen LogP contribution < -0.4 is 5.32 Å². The summed E-state index contributed by atoms with van der Waals surface area (Å²) < 4.78 is 0.297. The Kier molecular flexibility index (Phi) is 2.63. The molecule has 1 heterocycles. The lowest BCUT2D eigenvalue weighted by Crippen LogP contribution is -2.41. The van der Waals surface area contributed by atoms with Crippen LogP contribution in [0.25, 0.3) is 0 Å². The van der Waals surface area contributed by atoms with E-state index in [-0.39, 0.29) is 14.6 Å². The second-order valence-electron chi connectivity index (χ2n) is 2.83. The lowest BCUT2D eigenvalue weighted by Gasteiger charge is -2.21. The van der Waals surface area contributed by atoms with Crippen molar-refractivity contribution < 1.29 is 4.79 Å². The van der Waals surface area contributed by atoms with Crippen LogP contribution in [0, 0.1) is 0 Å². The van der Waals surface area contributed by atoms with Crippen LogP contribution in [-0.4, -0.2) is 20.5 Å². The minimum atomic E-state index is 0.0399. The second-order valence-corrected chi connectivity index (χ2v) is 5.53. The Balaban J connectivity index is 2.68. The quantitative estimate of drug-likeness (QED) is 0.577. The Morgan fingerprint density at radius 2 is 2.40 bits per heavy atom. The van der Waals surface area contributed by atoms with Crippen LogP contribution in [0.15, 0.2) is 0 Å². The molecule has 0 aromatic heterocycles. The maximum atomic E-state index is 11.0. The molecular weight excluding hydrogens is 261 g/mol. The van der Waals surface area contributed by atoms with Crippen LogP contribution in [0.5, 0.6) is 0 Å². The zero-order valence-corrected chi connectivity index (χ0v) is 8.95. The molecule has 1 aliphatic heterocycles. The van der Waals surface area contributed by atoms with Crippen molar-refractivity contribution >= 4 is 38.1 Å². The van der Waals surface area contributed by atoms with Crippen LogP contribution in [0.2, 0.25) is 0 Å². The van der Waals surface area contributed by atoms with E-state index in [1.165, 1.54) is 0 Å². The molecule has 0 bridgehead atoms. The fourth-order valence-corrected chi connectivity index (χ4v) is 3.18. The van der Waals surface area contributed by atoms with E-state index in [9.17, 15) is 4.79 Å². The average molecular weight is 271 g/mol. The highest BCUT2D eigenvalue weighted by Crippen LogP contribution is 2.34. The van der Waals surface area contributed by atoms with Crippen molar-refractivity contribution in [2.75, 3.05) is 5.88 Å². The first-order valence-electron chi connectivity index (χ1n) is 3.11. The molecule has 58 valence electrons. The van der Waals surface area contributed by atoms with E-state index in [4.69, 9.17) is 0 Å². The fourth-order valence-electron chi connectivity index (χ4n) is 0.994. The highest BCUT2D eigenvalue weighted by Gasteiger charge is 2.38. The predicted octanol–water partition coefficient (Wildman–Crippen LogP) is 1.39. The van der Waals surface area contributed by atoms with Crippen LogP contribution in [-0.2, 0) is 4.79 Å². The summed E-state index contributed by atoms with van der Waals surface area (Å²) in [4.78, 5) is 11.0. The molecule has 0 radical (unpaired) electrons. The zero-order valence-electron chi connectivity index (χ0n) is 5.98. The lowest BCUT2D eigenvalue weighted by molar-refractivity contribution is -0.111. The van der Waals surface area contributed by atoms with Gasteiger partial charge >= 0.3 is 0 Å². The van der Waals surface area contributed by atoms with Gasteiger partial charge in [0.1, 0.15) is 0 Å². The van der Waals surface area contributed by atoms with Crippen molar-refractivity contribution in [3.63, 3.8) is 0 Å². The molecule has 1 rings (SSSR count). The fraction of sp³-hybridized carbons (Fsp3) is 0.833. The molecule has 0 unspecified atom stereocenters. The van der Waals surface area contributed by atoms with Crippen LogP contribution in [0.1, 0.15) is 13.8 Å². The van der Waals surface area contributed by atoms with Crippen molar-refractivity contribution in [1.29, 1.82) is 0 Å². The second kappa shape index (κ2) is 2.98. The molecular formula is C6H10INOS. The van der Waals surface area contributed by atoms with Crippen molar-refractivity contribution in [3.8, 4) is 0 Å². The Labute approximate surface area is 78.7 Å². The standard InChI is InChI=1S/C6H10INOS/c1-6(2)4(5(7)9)8-3-10-6/h4,8H,3H2,1-2H3/t4-/m1/s1. The van der Waals surface area contributed by atoms with E-state index in [0.29, 0.717) is 0 Å². The molecule has 10 heavy (non-hydrogen) atoms. The first-order chi connectivity index (χ1) is 4.54. The monoisotopic (exact) mass is 271 g/mol. The Bertz CT molecular complexity index is 160. The molecule has 0 amide bonds. The van der Waals surface area contributed by atoms with Crippen LogP contribution in [0.3, 0.4) is 0 Å². The molecule has 4 heteroatoms. The summed E-state index contributed by atoms with van der Waals surface area (Å²) in [5.74, 6) is 0.895. The van der Waals surface area contributed by atoms with Gasteiger partial charge in [-0.05, 0) is 13.8 Å². The Morgan fingerprint density at radius 3 is 2.60 bits per heavy atom. The van der Waals surface area contributed by atoms with Gasteiger partial charge in [0.2, 0.25) is 3.79 Å². The first kappa shape index (κ1) is 8.80. The van der Waals surface area contributed by atoms with Gasteiger partial charge < -0.3 is 0 Å². The predicted molar refractivity (Wildman–Crippen MR) is 52.5 cm³/mol. The smallest absolute Gasteiger partial charge is 0.210 e. The minimum Gasteiger partial charge on any atom is -0.297 e. The molecule has 2 nitrogen and oxygen atoms in total. The maximum Gasteiger partial charge on any atom is 0.210 e. The van der Waals surface area contributed by atoms with Crippen molar-refractivity contribution in [2.45, 2.75) is 24.6 Å². The summed E-state index contributed by atoms with van der Waals surface area (Å²) in [7, 11) is 0. The Hall–Kier alpha value is 0.710. The lowest BCUT2D eigenvalue weighted by atomic mass is 10.1. The molecule has 0 spiro atoms. The summed E-state index contributed by atoms with van der Waals surface area (Å²) in [5.41, 5.74) is 0. The van der Waals surface area contributed by atoms with Gasteiger partial charge in [-0.1, -0.05) is 0 Å². The number of thioether (sulfide) groups is 1. The average Bonchev–Trinajstić information content (AvgIpc) is 2.08. The summed E-state index contributed by atoms with van der Waals surface area (Å²) in [5, 5.41) is 3.15. The van der Waals surface area contributed by atoms with Crippen LogP contribution in [0.4, 0.5) is 0 Å². The molecule has 0 aromatic carbocycles. The van der Waals surface area contributed by atoms with Crippen molar-refractivity contribution in [1.82, 2.24) is 5.32 Å². The van der Waals surface area contributed by atoms with E-state index < -0.39 is 0 Å². The first-order valence-corrected chi connectivity index (χ1v) is 5.17. The van der Waals surface area contributed by atoms with Gasteiger partial charge in [0.15, 0.2) is 0 Å². The topological polar surface area (TPSA) is 29.1 Å². The van der Waals surface area contributed by atoms with Gasteiger partial charge in [-0.25, -0.2) is 0 Å².